The van der Waals surface area contributed by atoms with E-state index < -0.39 is 48.1 Å². The summed E-state index contributed by atoms with van der Waals surface area (Å²) < 4.78 is 13.5. The van der Waals surface area contributed by atoms with Crippen molar-refractivity contribution in [3.63, 3.8) is 0 Å². The molecule has 1 aliphatic heterocycles. The number of halogens is 2. The Balaban J connectivity index is 1.73. The smallest absolute Gasteiger partial charge is 0.305 e. The van der Waals surface area contributed by atoms with Crippen molar-refractivity contribution in [1.82, 2.24) is 20.1 Å². The van der Waals surface area contributed by atoms with Crippen LogP contribution in [0.3, 0.4) is 0 Å². The molecule has 0 spiro atoms. The zero-order valence-electron chi connectivity index (χ0n) is 21.0. The molecule has 2 aromatic carbocycles. The molecule has 0 aliphatic carbocycles. The minimum Gasteiger partial charge on any atom is -0.481 e. The van der Waals surface area contributed by atoms with Crippen molar-refractivity contribution in [2.45, 2.75) is 32.0 Å². The summed E-state index contributed by atoms with van der Waals surface area (Å²) in [6, 6.07) is 14.0. The minimum atomic E-state index is -1.43. The second-order valence-corrected chi connectivity index (χ2v) is 9.50. The molecule has 3 aromatic rings. The zero-order valence-corrected chi connectivity index (χ0v) is 21.8. The molecule has 0 radical (unpaired) electrons. The highest BCUT2D eigenvalue weighted by atomic mass is 35.5. The fourth-order valence-corrected chi connectivity index (χ4v) is 4.75. The molecule has 1 saturated heterocycles. The van der Waals surface area contributed by atoms with Gasteiger partial charge in [-0.3, -0.25) is 19.2 Å². The van der Waals surface area contributed by atoms with Crippen LogP contribution < -0.4 is 5.32 Å². The van der Waals surface area contributed by atoms with Crippen LogP contribution in [0, 0.1) is 12.7 Å². The van der Waals surface area contributed by atoms with E-state index in [1.807, 2.05) is 13.0 Å². The average Bonchev–Trinajstić information content (AvgIpc) is 2.92. The number of benzene rings is 2. The molecule has 2 unspecified atom stereocenters. The van der Waals surface area contributed by atoms with Gasteiger partial charge in [0.15, 0.2) is 6.17 Å². The van der Waals surface area contributed by atoms with Gasteiger partial charge in [-0.15, -0.1) is 0 Å². The van der Waals surface area contributed by atoms with E-state index >= 15 is 0 Å². The van der Waals surface area contributed by atoms with Crippen LogP contribution in [-0.4, -0.2) is 62.8 Å². The number of rotatable bonds is 7. The Hall–Kier alpha value is -4.31. The van der Waals surface area contributed by atoms with Gasteiger partial charge in [-0.05, 0) is 55.3 Å². The van der Waals surface area contributed by atoms with E-state index in [1.165, 1.54) is 40.3 Å². The maximum Gasteiger partial charge on any atom is 0.305 e. The van der Waals surface area contributed by atoms with Crippen molar-refractivity contribution >= 4 is 35.3 Å². The molecule has 39 heavy (non-hydrogen) atoms. The number of aliphatic carboxylic acids is 1. The summed E-state index contributed by atoms with van der Waals surface area (Å²) in [5.41, 5.74) is 1.61. The van der Waals surface area contributed by atoms with Gasteiger partial charge in [0.05, 0.1) is 18.0 Å². The Morgan fingerprint density at radius 2 is 1.74 bits per heavy atom. The van der Waals surface area contributed by atoms with Gasteiger partial charge >= 0.3 is 5.97 Å². The lowest BCUT2D eigenvalue weighted by molar-refractivity contribution is -0.138. The van der Waals surface area contributed by atoms with Crippen LogP contribution in [0.1, 0.15) is 50.7 Å². The van der Waals surface area contributed by atoms with Gasteiger partial charge in [0.2, 0.25) is 0 Å². The number of amides is 3. The summed E-state index contributed by atoms with van der Waals surface area (Å²) in [6.07, 6.45) is -0.0731. The van der Waals surface area contributed by atoms with Gasteiger partial charge in [0.25, 0.3) is 17.7 Å². The first-order chi connectivity index (χ1) is 18.7. The molecule has 202 valence electrons. The van der Waals surface area contributed by atoms with Crippen LogP contribution in [0.25, 0.3) is 0 Å². The number of nitrogens with one attached hydrogen (secondary N) is 1. The van der Waals surface area contributed by atoms with E-state index in [0.717, 1.165) is 17.7 Å². The first-order valence-corrected chi connectivity index (χ1v) is 12.6. The number of aromatic nitrogens is 1. The number of hydrogen-bond acceptors (Lipinski definition) is 5. The van der Waals surface area contributed by atoms with Crippen molar-refractivity contribution in [3.8, 4) is 0 Å². The summed E-state index contributed by atoms with van der Waals surface area (Å²) in [6.45, 7) is 2.10. The summed E-state index contributed by atoms with van der Waals surface area (Å²) >= 11 is 6.17. The van der Waals surface area contributed by atoms with Crippen molar-refractivity contribution in [2.24, 2.45) is 0 Å². The third kappa shape index (κ3) is 6.40. The highest BCUT2D eigenvalue weighted by Gasteiger charge is 2.42. The van der Waals surface area contributed by atoms with Crippen molar-refractivity contribution in [2.75, 3.05) is 13.1 Å². The van der Waals surface area contributed by atoms with Crippen LogP contribution in [-0.2, 0) is 9.59 Å². The number of pyridine rings is 1. The Morgan fingerprint density at radius 3 is 2.38 bits per heavy atom. The maximum absolute atomic E-state index is 13.9. The molecule has 1 fully saturated rings. The number of hydrogen-bond donors (Lipinski definition) is 2. The number of carboxylic acid groups (broad SMARTS) is 1. The first kappa shape index (κ1) is 27.7. The van der Waals surface area contributed by atoms with Crippen LogP contribution in [0.15, 0.2) is 66.9 Å². The Labute approximate surface area is 229 Å². The lowest BCUT2D eigenvalue weighted by atomic mass is 10.0. The Bertz CT molecular complexity index is 1400. The Kier molecular flexibility index (Phi) is 8.55. The number of aryl methyl sites for hydroxylation is 1. The van der Waals surface area contributed by atoms with Gasteiger partial charge in [0, 0.05) is 24.8 Å². The molecule has 2 N–H and O–H groups in total. The van der Waals surface area contributed by atoms with Crippen molar-refractivity contribution < 1.29 is 28.7 Å². The number of carbonyl (C=O) groups excluding carboxylic acids is 3. The molecule has 11 heteroatoms. The van der Waals surface area contributed by atoms with Crippen LogP contribution >= 0.6 is 11.6 Å². The molecular formula is C28H26ClFN4O5. The number of nitrogens with zero attached hydrogens (tertiary/aromatic N) is 3. The van der Waals surface area contributed by atoms with Crippen LogP contribution in [0.5, 0.6) is 0 Å². The minimum absolute atomic E-state index is 0.0498. The molecule has 4 rings (SSSR count). The van der Waals surface area contributed by atoms with E-state index in [9.17, 15) is 28.7 Å². The largest absolute Gasteiger partial charge is 0.481 e. The van der Waals surface area contributed by atoms with Crippen LogP contribution in [0.4, 0.5) is 4.39 Å². The van der Waals surface area contributed by atoms with Gasteiger partial charge < -0.3 is 20.2 Å². The third-order valence-corrected chi connectivity index (χ3v) is 6.67. The Morgan fingerprint density at radius 1 is 1.05 bits per heavy atom. The van der Waals surface area contributed by atoms with E-state index in [-0.39, 0.29) is 29.4 Å². The van der Waals surface area contributed by atoms with E-state index in [2.05, 4.69) is 10.3 Å². The second kappa shape index (κ2) is 12.0. The lowest BCUT2D eigenvalue weighted by Gasteiger charge is -2.43. The van der Waals surface area contributed by atoms with E-state index in [1.54, 1.807) is 18.2 Å². The van der Waals surface area contributed by atoms with Gasteiger partial charge in [0.1, 0.15) is 11.0 Å². The predicted octanol–water partition coefficient (Wildman–Crippen LogP) is 3.83. The molecule has 1 aromatic heterocycles. The maximum atomic E-state index is 13.9. The van der Waals surface area contributed by atoms with Gasteiger partial charge in [-0.2, -0.15) is 0 Å². The molecule has 2 heterocycles. The van der Waals surface area contributed by atoms with Crippen molar-refractivity contribution in [3.05, 3.63) is 100 Å². The lowest BCUT2D eigenvalue weighted by Crippen LogP contribution is -2.63. The van der Waals surface area contributed by atoms with Gasteiger partial charge in [-0.25, -0.2) is 9.37 Å². The predicted molar refractivity (Wildman–Crippen MR) is 140 cm³/mol. The number of carboxylic acids is 1. The molecule has 0 saturated carbocycles. The summed E-state index contributed by atoms with van der Waals surface area (Å²) in [4.78, 5) is 59.1. The van der Waals surface area contributed by atoms with Gasteiger partial charge in [-0.1, -0.05) is 41.4 Å². The molecule has 2 atom stereocenters. The SMILES string of the molecule is Cc1cccc(C(CC(=O)O)NC(=O)C2N(C(=O)c3ccc(F)cc3)CCCN2C(=O)c2cccnc2Cl)c1. The fourth-order valence-electron chi connectivity index (χ4n) is 4.55. The molecule has 3 amide bonds. The van der Waals surface area contributed by atoms with Crippen molar-refractivity contribution in [1.29, 1.82) is 0 Å². The molecule has 0 bridgehead atoms. The zero-order chi connectivity index (χ0) is 28.1. The second-order valence-electron chi connectivity index (χ2n) is 9.15. The number of carbonyl (C=O) groups is 4. The highest BCUT2D eigenvalue weighted by Crippen LogP contribution is 2.25. The van der Waals surface area contributed by atoms with E-state index in [4.69, 9.17) is 11.6 Å². The average molecular weight is 553 g/mol. The van der Waals surface area contributed by atoms with Crippen LogP contribution in [0.2, 0.25) is 5.15 Å². The monoisotopic (exact) mass is 552 g/mol. The molecular weight excluding hydrogens is 527 g/mol. The standard InChI is InChI=1S/C28H26ClFN4O5/c1-17-5-2-6-19(15-17)22(16-23(35)36)32-25(37)26-33(27(38)18-8-10-20(30)11-9-18)13-4-14-34(26)28(39)21-7-3-12-31-24(21)29/h2-3,5-12,15,22,26H,4,13-14,16H2,1H3,(H,32,37)(H,35,36). The van der Waals surface area contributed by atoms with E-state index in [0.29, 0.717) is 12.0 Å². The molecule has 9 nitrogen and oxygen atoms in total. The summed E-state index contributed by atoms with van der Waals surface area (Å²) in [5.74, 6) is -3.62. The topological polar surface area (TPSA) is 120 Å². The molecule has 1 aliphatic rings. The third-order valence-electron chi connectivity index (χ3n) is 6.37. The highest BCUT2D eigenvalue weighted by molar-refractivity contribution is 6.32. The normalized spacial score (nSPS) is 15.9. The quantitative estimate of drug-likeness (QED) is 0.430. The fraction of sp³-hybridized carbons (Fsp3) is 0.250. The summed E-state index contributed by atoms with van der Waals surface area (Å²) in [7, 11) is 0. The summed E-state index contributed by atoms with van der Waals surface area (Å²) in [5, 5.41) is 12.2. The first-order valence-electron chi connectivity index (χ1n) is 12.2.